The molecule has 0 spiro atoms. The molecule has 1 amide bonds. The summed E-state index contributed by atoms with van der Waals surface area (Å²) in [4.78, 5) is 16.7. The quantitative estimate of drug-likeness (QED) is 0.735. The van der Waals surface area contributed by atoms with E-state index in [0.717, 1.165) is 36.7 Å². The topological polar surface area (TPSA) is 74.3 Å². The Balaban J connectivity index is 0.00000182. The fourth-order valence-electron chi connectivity index (χ4n) is 3.47. The van der Waals surface area contributed by atoms with Gasteiger partial charge in [-0.1, -0.05) is 0 Å². The number of nitrogens with one attached hydrogen (secondary N) is 1. The lowest BCUT2D eigenvalue weighted by molar-refractivity contribution is -0.135. The van der Waals surface area contributed by atoms with Crippen LogP contribution in [0, 0.1) is 0 Å². The average Bonchev–Trinajstić information content (AvgIpc) is 3.07. The van der Waals surface area contributed by atoms with Crippen LogP contribution in [0.3, 0.4) is 0 Å². The number of aliphatic hydroxyl groups excluding tert-OH is 1. The summed E-state index contributed by atoms with van der Waals surface area (Å²) in [5.41, 5.74) is 1.14. The summed E-state index contributed by atoms with van der Waals surface area (Å²) in [6.45, 7) is 4.41. The van der Waals surface area contributed by atoms with Gasteiger partial charge in [-0.25, -0.2) is 0 Å². The number of piperazine rings is 1. The summed E-state index contributed by atoms with van der Waals surface area (Å²) in [5.74, 6) is 1.68. The van der Waals surface area contributed by atoms with Crippen LogP contribution in [0.15, 0.2) is 18.2 Å². The highest BCUT2D eigenvalue weighted by Crippen LogP contribution is 2.24. The summed E-state index contributed by atoms with van der Waals surface area (Å²) in [5, 5.41) is 12.7. The van der Waals surface area contributed by atoms with E-state index in [1.807, 2.05) is 23.1 Å². The molecule has 0 saturated carbocycles. The van der Waals surface area contributed by atoms with Gasteiger partial charge in [-0.15, -0.1) is 24.8 Å². The molecule has 2 fully saturated rings. The minimum Gasteiger partial charge on any atom is -0.497 e. The molecular weight excluding hydrogens is 393 g/mol. The molecule has 2 saturated heterocycles. The zero-order valence-electron chi connectivity index (χ0n) is 15.7. The van der Waals surface area contributed by atoms with E-state index in [9.17, 15) is 9.90 Å². The molecule has 0 radical (unpaired) electrons. The summed E-state index contributed by atoms with van der Waals surface area (Å²) in [6, 6.07) is 5.67. The Morgan fingerprint density at radius 1 is 1.11 bits per heavy atom. The maximum absolute atomic E-state index is 12.5. The van der Waals surface area contributed by atoms with Gasteiger partial charge in [0.1, 0.15) is 11.5 Å². The molecule has 0 aromatic heterocycles. The number of carbonyl (C=O) groups excluding carboxylic acids is 1. The first-order valence-corrected chi connectivity index (χ1v) is 8.73. The van der Waals surface area contributed by atoms with Gasteiger partial charge in [0, 0.05) is 45.3 Å². The molecule has 2 atom stereocenters. The van der Waals surface area contributed by atoms with Crippen molar-refractivity contribution in [2.45, 2.75) is 25.1 Å². The number of methoxy groups -OCH3 is 2. The third-order valence-corrected chi connectivity index (χ3v) is 4.91. The summed E-state index contributed by atoms with van der Waals surface area (Å²) >= 11 is 0. The van der Waals surface area contributed by atoms with Gasteiger partial charge in [-0.2, -0.15) is 0 Å². The first-order chi connectivity index (χ1) is 12.1. The van der Waals surface area contributed by atoms with Crippen molar-refractivity contribution < 1.29 is 19.4 Å². The van der Waals surface area contributed by atoms with E-state index in [-0.39, 0.29) is 36.8 Å². The van der Waals surface area contributed by atoms with Crippen molar-refractivity contribution >= 4 is 30.7 Å². The first kappa shape index (κ1) is 23.8. The Morgan fingerprint density at radius 3 is 2.19 bits per heavy atom. The second-order valence-corrected chi connectivity index (χ2v) is 6.67. The Morgan fingerprint density at radius 2 is 1.70 bits per heavy atom. The molecule has 27 heavy (non-hydrogen) atoms. The van der Waals surface area contributed by atoms with Crippen LogP contribution >= 0.6 is 24.8 Å². The van der Waals surface area contributed by atoms with Gasteiger partial charge in [-0.3, -0.25) is 9.69 Å². The van der Waals surface area contributed by atoms with Crippen molar-refractivity contribution in [1.82, 2.24) is 15.1 Å². The molecule has 2 heterocycles. The number of hydrogen-bond donors (Lipinski definition) is 2. The zero-order chi connectivity index (χ0) is 17.8. The number of β-amino-alcohol motifs (C(OH)–C–C–N with tert-alkyl or cyclic N) is 1. The van der Waals surface area contributed by atoms with Crippen molar-refractivity contribution in [3.8, 4) is 11.5 Å². The number of ether oxygens (including phenoxy) is 2. The van der Waals surface area contributed by atoms with Crippen LogP contribution in [-0.4, -0.2) is 79.9 Å². The van der Waals surface area contributed by atoms with E-state index in [2.05, 4.69) is 10.2 Å². The van der Waals surface area contributed by atoms with Crippen molar-refractivity contribution in [2.75, 3.05) is 46.9 Å². The predicted molar refractivity (Wildman–Crippen MR) is 108 cm³/mol. The number of rotatable bonds is 5. The Labute approximate surface area is 172 Å². The van der Waals surface area contributed by atoms with Crippen LogP contribution in [0.1, 0.15) is 12.0 Å². The highest BCUT2D eigenvalue weighted by atomic mass is 35.5. The SMILES string of the molecule is COc1cc(CN2CCN(C(=O)C3CC(O)CN3)CC2)cc(OC)c1.Cl.Cl. The zero-order valence-corrected chi connectivity index (χ0v) is 17.4. The normalized spacial score (nSPS) is 22.6. The maximum Gasteiger partial charge on any atom is 0.239 e. The van der Waals surface area contributed by atoms with Crippen LogP contribution in [0.2, 0.25) is 0 Å². The summed E-state index contributed by atoms with van der Waals surface area (Å²) in [6.07, 6.45) is 0.112. The number of hydrogen-bond acceptors (Lipinski definition) is 6. The van der Waals surface area contributed by atoms with Crippen molar-refractivity contribution in [1.29, 1.82) is 0 Å². The summed E-state index contributed by atoms with van der Waals surface area (Å²) < 4.78 is 10.6. The lowest BCUT2D eigenvalue weighted by Gasteiger charge is -2.36. The average molecular weight is 422 g/mol. The van der Waals surface area contributed by atoms with Crippen LogP contribution in [0.4, 0.5) is 0 Å². The lowest BCUT2D eigenvalue weighted by atomic mass is 10.1. The third kappa shape index (κ3) is 6.12. The largest absolute Gasteiger partial charge is 0.497 e. The van der Waals surface area contributed by atoms with Gasteiger partial charge in [0.15, 0.2) is 0 Å². The number of carbonyl (C=O) groups is 1. The molecule has 1 aromatic rings. The second kappa shape index (κ2) is 10.9. The van der Waals surface area contributed by atoms with Crippen molar-refractivity contribution in [3.05, 3.63) is 23.8 Å². The van der Waals surface area contributed by atoms with Gasteiger partial charge in [0.25, 0.3) is 0 Å². The van der Waals surface area contributed by atoms with Crippen LogP contribution in [0.5, 0.6) is 11.5 Å². The van der Waals surface area contributed by atoms with E-state index in [0.29, 0.717) is 26.1 Å². The van der Waals surface area contributed by atoms with Gasteiger partial charge in [-0.05, 0) is 24.1 Å². The molecule has 2 aliphatic rings. The molecule has 9 heteroatoms. The van der Waals surface area contributed by atoms with Crippen LogP contribution in [-0.2, 0) is 11.3 Å². The second-order valence-electron chi connectivity index (χ2n) is 6.67. The minimum absolute atomic E-state index is 0. The molecule has 2 aliphatic heterocycles. The molecule has 2 unspecified atom stereocenters. The van der Waals surface area contributed by atoms with E-state index in [1.54, 1.807) is 14.2 Å². The number of amides is 1. The Bertz CT molecular complexity index is 590. The van der Waals surface area contributed by atoms with Gasteiger partial charge < -0.3 is 24.8 Å². The maximum atomic E-state index is 12.5. The highest BCUT2D eigenvalue weighted by molar-refractivity contribution is 5.85. The third-order valence-electron chi connectivity index (χ3n) is 4.91. The molecule has 2 N–H and O–H groups in total. The number of nitrogens with zero attached hydrogens (tertiary/aromatic N) is 2. The standard InChI is InChI=1S/C18H27N3O4.2ClH/c1-24-15-7-13(8-16(10-15)25-2)12-20-3-5-21(6-4-20)18(23)17-9-14(22)11-19-17;;/h7-8,10,14,17,19,22H,3-6,9,11-12H2,1-2H3;2*1H. The smallest absolute Gasteiger partial charge is 0.239 e. The molecule has 3 rings (SSSR count). The monoisotopic (exact) mass is 421 g/mol. The molecular formula is C18H29Cl2N3O4. The van der Waals surface area contributed by atoms with Crippen molar-refractivity contribution in [2.24, 2.45) is 0 Å². The number of halogens is 2. The van der Waals surface area contributed by atoms with E-state index in [1.165, 1.54) is 0 Å². The minimum atomic E-state index is -0.404. The number of benzene rings is 1. The highest BCUT2D eigenvalue weighted by Gasteiger charge is 2.32. The van der Waals surface area contributed by atoms with Gasteiger partial charge in [0.05, 0.1) is 26.4 Å². The van der Waals surface area contributed by atoms with E-state index >= 15 is 0 Å². The number of aliphatic hydroxyl groups is 1. The Kier molecular flexibility index (Phi) is 9.62. The van der Waals surface area contributed by atoms with E-state index in [4.69, 9.17) is 9.47 Å². The fourth-order valence-corrected chi connectivity index (χ4v) is 3.47. The summed E-state index contributed by atoms with van der Waals surface area (Å²) in [7, 11) is 3.30. The molecule has 0 aliphatic carbocycles. The molecule has 7 nitrogen and oxygen atoms in total. The fraction of sp³-hybridized carbons (Fsp3) is 0.611. The molecule has 0 bridgehead atoms. The van der Waals surface area contributed by atoms with Gasteiger partial charge >= 0.3 is 0 Å². The van der Waals surface area contributed by atoms with Crippen LogP contribution in [0.25, 0.3) is 0 Å². The van der Waals surface area contributed by atoms with Gasteiger partial charge in [0.2, 0.25) is 5.91 Å². The predicted octanol–water partition coefficient (Wildman–Crippen LogP) is 0.914. The van der Waals surface area contributed by atoms with E-state index < -0.39 is 6.10 Å². The van der Waals surface area contributed by atoms with Crippen molar-refractivity contribution in [3.63, 3.8) is 0 Å². The lowest BCUT2D eigenvalue weighted by Crippen LogP contribution is -2.52. The molecule has 1 aromatic carbocycles. The van der Waals surface area contributed by atoms with Crippen LogP contribution < -0.4 is 14.8 Å². The molecule has 154 valence electrons. The first-order valence-electron chi connectivity index (χ1n) is 8.73. The Hall–Kier alpha value is -1.25.